The van der Waals surface area contributed by atoms with Crippen molar-refractivity contribution in [3.05, 3.63) is 28.2 Å². The zero-order valence-electron chi connectivity index (χ0n) is 10.8. The maximum atomic E-state index is 11.8. The Morgan fingerprint density at radius 1 is 1.22 bits per heavy atom. The van der Waals surface area contributed by atoms with Crippen molar-refractivity contribution in [3.8, 4) is 0 Å². The Balaban J connectivity index is 2.64. The monoisotopic (exact) mass is 288 g/mol. The fraction of sp³-hybridized carbons (Fsp3) is 0.462. The van der Waals surface area contributed by atoms with E-state index in [-0.39, 0.29) is 11.9 Å². The van der Waals surface area contributed by atoms with Gasteiger partial charge >= 0.3 is 0 Å². The average Bonchev–Trinajstić information content (AvgIpc) is 2.30. The number of benzene rings is 1. The summed E-state index contributed by atoms with van der Waals surface area (Å²) in [6.07, 6.45) is 0. The van der Waals surface area contributed by atoms with Gasteiger partial charge < -0.3 is 10.6 Å². The van der Waals surface area contributed by atoms with Gasteiger partial charge in [0.1, 0.15) is 6.04 Å². The van der Waals surface area contributed by atoms with Crippen molar-refractivity contribution in [2.75, 3.05) is 11.9 Å². The van der Waals surface area contributed by atoms with Crippen LogP contribution in [0.3, 0.4) is 0 Å². The van der Waals surface area contributed by atoms with Crippen molar-refractivity contribution in [2.45, 2.75) is 26.8 Å². The van der Waals surface area contributed by atoms with E-state index in [2.05, 4.69) is 10.6 Å². The number of rotatable bonds is 5. The van der Waals surface area contributed by atoms with E-state index in [1.54, 1.807) is 25.1 Å². The Hall–Kier alpha value is -0.930. The molecule has 1 atom stereocenters. The van der Waals surface area contributed by atoms with Crippen LogP contribution in [0.4, 0.5) is 5.69 Å². The summed E-state index contributed by atoms with van der Waals surface area (Å²) in [6, 6.07) is 4.84. The minimum atomic E-state index is -0.388. The second kappa shape index (κ2) is 6.86. The highest BCUT2D eigenvalue weighted by atomic mass is 35.5. The zero-order chi connectivity index (χ0) is 13.7. The summed E-state index contributed by atoms with van der Waals surface area (Å²) in [5.41, 5.74) is 0.591. The zero-order valence-corrected chi connectivity index (χ0v) is 12.3. The van der Waals surface area contributed by atoms with Crippen molar-refractivity contribution in [1.29, 1.82) is 0 Å². The third-order valence-electron chi connectivity index (χ3n) is 2.40. The van der Waals surface area contributed by atoms with Crippen LogP contribution in [-0.2, 0) is 4.79 Å². The predicted molar refractivity (Wildman–Crippen MR) is 77.4 cm³/mol. The Kier molecular flexibility index (Phi) is 5.76. The van der Waals surface area contributed by atoms with Crippen molar-refractivity contribution in [3.63, 3.8) is 0 Å². The van der Waals surface area contributed by atoms with Crippen molar-refractivity contribution < 1.29 is 4.79 Å². The fourth-order valence-electron chi connectivity index (χ4n) is 1.38. The van der Waals surface area contributed by atoms with Gasteiger partial charge in [-0.15, -0.1) is 0 Å². The Morgan fingerprint density at radius 3 is 2.28 bits per heavy atom. The molecule has 0 saturated carbocycles. The fourth-order valence-corrected chi connectivity index (χ4v) is 1.88. The quantitative estimate of drug-likeness (QED) is 0.870. The molecule has 0 heterocycles. The number of nitrogens with one attached hydrogen (secondary N) is 2. The van der Waals surface area contributed by atoms with Gasteiger partial charge in [-0.1, -0.05) is 43.1 Å². The number of amides is 1. The first-order chi connectivity index (χ1) is 8.41. The van der Waals surface area contributed by atoms with Crippen LogP contribution in [0.25, 0.3) is 0 Å². The normalized spacial score (nSPS) is 12.3. The predicted octanol–water partition coefficient (Wildman–Crippen LogP) is 3.57. The molecule has 1 rings (SSSR count). The molecule has 2 N–H and O–H groups in total. The molecule has 0 aliphatic heterocycles. The van der Waals surface area contributed by atoms with Gasteiger partial charge in [0.2, 0.25) is 5.91 Å². The number of anilines is 1. The van der Waals surface area contributed by atoms with E-state index >= 15 is 0 Å². The first kappa shape index (κ1) is 15.1. The largest absolute Gasteiger partial charge is 0.371 e. The molecule has 0 fully saturated rings. The standard InChI is InChI=1S/C13H18Cl2N2O/c1-8(2)7-16-13(18)9(3)17-12-10(14)5-4-6-11(12)15/h4-6,8-9,17H,7H2,1-3H3,(H,16,18). The van der Waals surface area contributed by atoms with Crippen LogP contribution in [0.1, 0.15) is 20.8 Å². The number of carbonyl (C=O) groups excluding carboxylic acids is 1. The van der Waals surface area contributed by atoms with E-state index in [0.717, 1.165) is 0 Å². The summed E-state index contributed by atoms with van der Waals surface area (Å²) in [7, 11) is 0. The Labute approximate surface area is 118 Å². The number of hydrogen-bond donors (Lipinski definition) is 2. The van der Waals surface area contributed by atoms with Crippen molar-refractivity contribution in [2.24, 2.45) is 5.92 Å². The SMILES string of the molecule is CC(C)CNC(=O)C(C)Nc1c(Cl)cccc1Cl. The van der Waals surface area contributed by atoms with Gasteiger partial charge in [-0.2, -0.15) is 0 Å². The number of para-hydroxylation sites is 1. The highest BCUT2D eigenvalue weighted by Gasteiger charge is 2.15. The van der Waals surface area contributed by atoms with Gasteiger partial charge in [0, 0.05) is 6.54 Å². The number of carbonyl (C=O) groups is 1. The van der Waals surface area contributed by atoms with Gasteiger partial charge in [-0.05, 0) is 25.0 Å². The van der Waals surface area contributed by atoms with E-state index in [1.165, 1.54) is 0 Å². The molecule has 0 aliphatic carbocycles. The molecule has 0 saturated heterocycles. The smallest absolute Gasteiger partial charge is 0.242 e. The van der Waals surface area contributed by atoms with E-state index in [1.807, 2.05) is 13.8 Å². The summed E-state index contributed by atoms with van der Waals surface area (Å²) in [5, 5.41) is 6.89. The Morgan fingerprint density at radius 2 is 1.78 bits per heavy atom. The molecule has 0 aromatic heterocycles. The molecule has 0 radical (unpaired) electrons. The van der Waals surface area contributed by atoms with E-state index in [4.69, 9.17) is 23.2 Å². The van der Waals surface area contributed by atoms with Crippen LogP contribution >= 0.6 is 23.2 Å². The second-order valence-electron chi connectivity index (χ2n) is 4.60. The molecular weight excluding hydrogens is 271 g/mol. The summed E-state index contributed by atoms with van der Waals surface area (Å²) < 4.78 is 0. The maximum absolute atomic E-state index is 11.8. The van der Waals surface area contributed by atoms with Gasteiger partial charge in [-0.3, -0.25) is 4.79 Å². The third kappa shape index (κ3) is 4.39. The van der Waals surface area contributed by atoms with Crippen molar-refractivity contribution in [1.82, 2.24) is 5.32 Å². The molecule has 1 amide bonds. The lowest BCUT2D eigenvalue weighted by Gasteiger charge is -2.17. The van der Waals surface area contributed by atoms with Crippen LogP contribution in [0.5, 0.6) is 0 Å². The van der Waals surface area contributed by atoms with E-state index in [0.29, 0.717) is 28.2 Å². The topological polar surface area (TPSA) is 41.1 Å². The molecule has 18 heavy (non-hydrogen) atoms. The molecule has 3 nitrogen and oxygen atoms in total. The van der Waals surface area contributed by atoms with Crippen LogP contribution in [-0.4, -0.2) is 18.5 Å². The highest BCUT2D eigenvalue weighted by molar-refractivity contribution is 6.39. The van der Waals surface area contributed by atoms with Crippen LogP contribution < -0.4 is 10.6 Å². The van der Waals surface area contributed by atoms with Gasteiger partial charge in [0.25, 0.3) is 0 Å². The lowest BCUT2D eigenvalue weighted by molar-refractivity contribution is -0.121. The summed E-state index contributed by atoms with van der Waals surface area (Å²) in [5.74, 6) is 0.352. The summed E-state index contributed by atoms with van der Waals surface area (Å²) in [6.45, 7) is 6.52. The first-order valence-corrected chi connectivity index (χ1v) is 6.65. The van der Waals surface area contributed by atoms with Crippen LogP contribution in [0.2, 0.25) is 10.0 Å². The van der Waals surface area contributed by atoms with Crippen molar-refractivity contribution >= 4 is 34.8 Å². The molecular formula is C13H18Cl2N2O. The minimum absolute atomic E-state index is 0.0697. The molecule has 0 aliphatic rings. The Bertz CT molecular complexity index is 401. The maximum Gasteiger partial charge on any atom is 0.242 e. The number of hydrogen-bond acceptors (Lipinski definition) is 2. The highest BCUT2D eigenvalue weighted by Crippen LogP contribution is 2.30. The molecule has 0 spiro atoms. The van der Waals surface area contributed by atoms with Crippen LogP contribution in [0, 0.1) is 5.92 Å². The molecule has 0 bridgehead atoms. The lowest BCUT2D eigenvalue weighted by Crippen LogP contribution is -2.39. The summed E-state index contributed by atoms with van der Waals surface area (Å²) >= 11 is 12.1. The minimum Gasteiger partial charge on any atom is -0.371 e. The second-order valence-corrected chi connectivity index (χ2v) is 5.42. The first-order valence-electron chi connectivity index (χ1n) is 5.90. The molecule has 100 valence electrons. The van der Waals surface area contributed by atoms with Gasteiger partial charge in [-0.25, -0.2) is 0 Å². The van der Waals surface area contributed by atoms with Gasteiger partial charge in [0.15, 0.2) is 0 Å². The van der Waals surface area contributed by atoms with Crippen LogP contribution in [0.15, 0.2) is 18.2 Å². The summed E-state index contributed by atoms with van der Waals surface area (Å²) in [4.78, 5) is 11.8. The average molecular weight is 289 g/mol. The lowest BCUT2D eigenvalue weighted by atomic mass is 10.2. The number of halogens is 2. The molecule has 1 aromatic carbocycles. The molecule has 1 aromatic rings. The van der Waals surface area contributed by atoms with E-state index < -0.39 is 0 Å². The molecule has 5 heteroatoms. The molecule has 1 unspecified atom stereocenters. The van der Waals surface area contributed by atoms with E-state index in [9.17, 15) is 4.79 Å². The van der Waals surface area contributed by atoms with Gasteiger partial charge in [0.05, 0.1) is 15.7 Å². The third-order valence-corrected chi connectivity index (χ3v) is 3.03.